The molecule has 0 spiro atoms. The highest BCUT2D eigenvalue weighted by atomic mass is 32.2. The van der Waals surface area contributed by atoms with Crippen molar-refractivity contribution >= 4 is 22.1 Å². The predicted molar refractivity (Wildman–Crippen MR) is 107 cm³/mol. The Morgan fingerprint density at radius 1 is 1.18 bits per heavy atom. The van der Waals surface area contributed by atoms with Gasteiger partial charge in [-0.1, -0.05) is 37.3 Å². The molecular formula is C20H23N3O4S. The van der Waals surface area contributed by atoms with Crippen molar-refractivity contribution in [2.75, 3.05) is 26.3 Å². The monoisotopic (exact) mass is 401 g/mol. The number of nitrogens with zero attached hydrogens (tertiary/aromatic N) is 2. The maximum Gasteiger partial charge on any atom is 0.271 e. The summed E-state index contributed by atoms with van der Waals surface area (Å²) in [5.74, 6) is -0.472. The fraction of sp³-hybridized carbons (Fsp3) is 0.300. The molecule has 28 heavy (non-hydrogen) atoms. The number of aryl methyl sites for hydroxylation is 1. The van der Waals surface area contributed by atoms with Gasteiger partial charge in [-0.2, -0.15) is 9.41 Å². The summed E-state index contributed by atoms with van der Waals surface area (Å²) in [4.78, 5) is 12.4. The molecule has 0 unspecified atom stereocenters. The first-order valence-corrected chi connectivity index (χ1v) is 10.5. The Bertz CT molecular complexity index is 950. The van der Waals surface area contributed by atoms with Crippen LogP contribution >= 0.6 is 0 Å². The van der Waals surface area contributed by atoms with Crippen LogP contribution in [-0.4, -0.2) is 51.1 Å². The van der Waals surface area contributed by atoms with Crippen molar-refractivity contribution in [3.63, 3.8) is 0 Å². The Labute approximate surface area is 165 Å². The molecule has 1 aliphatic rings. The molecule has 2 aromatic rings. The normalized spacial score (nSPS) is 15.6. The number of amides is 1. The van der Waals surface area contributed by atoms with Gasteiger partial charge in [-0.15, -0.1) is 0 Å². The van der Waals surface area contributed by atoms with Crippen LogP contribution in [-0.2, 0) is 21.2 Å². The molecule has 1 amide bonds. The predicted octanol–water partition coefficient (Wildman–Crippen LogP) is 2.03. The van der Waals surface area contributed by atoms with E-state index in [0.717, 1.165) is 12.0 Å². The van der Waals surface area contributed by atoms with Crippen LogP contribution in [0.15, 0.2) is 58.5 Å². The van der Waals surface area contributed by atoms with Crippen molar-refractivity contribution in [3.05, 3.63) is 65.2 Å². The Balaban J connectivity index is 1.68. The SMILES string of the molecule is CCc1ccc(/C=N/NC(=O)c2cccc(S(=O)(=O)N3CCOCC3)c2)cc1. The Kier molecular flexibility index (Phi) is 6.56. The average Bonchev–Trinajstić information content (AvgIpc) is 2.75. The lowest BCUT2D eigenvalue weighted by Crippen LogP contribution is -2.40. The number of hydrogen-bond donors (Lipinski definition) is 1. The zero-order valence-corrected chi connectivity index (χ0v) is 16.5. The highest BCUT2D eigenvalue weighted by Gasteiger charge is 2.26. The van der Waals surface area contributed by atoms with Gasteiger partial charge in [-0.05, 0) is 35.7 Å². The van der Waals surface area contributed by atoms with E-state index >= 15 is 0 Å². The van der Waals surface area contributed by atoms with Gasteiger partial charge in [0.1, 0.15) is 0 Å². The number of benzene rings is 2. The molecule has 0 saturated carbocycles. The summed E-state index contributed by atoms with van der Waals surface area (Å²) in [5.41, 5.74) is 4.75. The quantitative estimate of drug-likeness (QED) is 0.593. The number of morpholine rings is 1. The first-order valence-electron chi connectivity index (χ1n) is 9.11. The molecular weight excluding hydrogens is 378 g/mol. The van der Waals surface area contributed by atoms with Gasteiger partial charge in [0.25, 0.3) is 5.91 Å². The highest BCUT2D eigenvalue weighted by molar-refractivity contribution is 7.89. The van der Waals surface area contributed by atoms with Gasteiger partial charge in [0.05, 0.1) is 24.3 Å². The molecule has 0 radical (unpaired) electrons. The average molecular weight is 401 g/mol. The van der Waals surface area contributed by atoms with E-state index in [9.17, 15) is 13.2 Å². The molecule has 1 N–H and O–H groups in total. The number of rotatable bonds is 6. The second-order valence-corrected chi connectivity index (χ2v) is 8.28. The third kappa shape index (κ3) is 4.83. The molecule has 0 bridgehead atoms. The molecule has 1 heterocycles. The van der Waals surface area contributed by atoms with Crippen LogP contribution in [0.25, 0.3) is 0 Å². The van der Waals surface area contributed by atoms with E-state index in [2.05, 4.69) is 17.5 Å². The maximum atomic E-state index is 12.7. The standard InChI is InChI=1S/C20H23N3O4S/c1-2-16-6-8-17(9-7-16)15-21-22-20(24)18-4-3-5-19(14-18)28(25,26)23-10-12-27-13-11-23/h3-9,14-15H,2,10-13H2,1H3,(H,22,24)/b21-15+. The van der Waals surface area contributed by atoms with Crippen molar-refractivity contribution in [1.82, 2.24) is 9.73 Å². The first kappa shape index (κ1) is 20.2. The third-order valence-electron chi connectivity index (χ3n) is 4.47. The van der Waals surface area contributed by atoms with E-state index in [0.29, 0.717) is 26.3 Å². The fourth-order valence-electron chi connectivity index (χ4n) is 2.80. The maximum absolute atomic E-state index is 12.7. The lowest BCUT2D eigenvalue weighted by molar-refractivity contribution is 0.0730. The first-order chi connectivity index (χ1) is 13.5. The summed E-state index contributed by atoms with van der Waals surface area (Å²) in [6.45, 7) is 3.43. The molecule has 0 aliphatic carbocycles. The van der Waals surface area contributed by atoms with Gasteiger partial charge < -0.3 is 4.74 Å². The highest BCUT2D eigenvalue weighted by Crippen LogP contribution is 2.18. The number of hydrazone groups is 1. The summed E-state index contributed by atoms with van der Waals surface area (Å²) in [7, 11) is -3.65. The van der Waals surface area contributed by atoms with Gasteiger partial charge in [-0.3, -0.25) is 4.79 Å². The molecule has 148 valence electrons. The summed E-state index contributed by atoms with van der Waals surface area (Å²) in [6.07, 6.45) is 2.50. The minimum absolute atomic E-state index is 0.0844. The van der Waals surface area contributed by atoms with E-state index in [1.807, 2.05) is 24.3 Å². The second-order valence-electron chi connectivity index (χ2n) is 6.34. The van der Waals surface area contributed by atoms with Crippen molar-refractivity contribution in [1.29, 1.82) is 0 Å². The van der Waals surface area contributed by atoms with Crippen molar-refractivity contribution in [2.24, 2.45) is 5.10 Å². The van der Waals surface area contributed by atoms with Crippen LogP contribution in [0.2, 0.25) is 0 Å². The van der Waals surface area contributed by atoms with Gasteiger partial charge in [0.2, 0.25) is 10.0 Å². The Morgan fingerprint density at radius 3 is 2.57 bits per heavy atom. The van der Waals surface area contributed by atoms with Gasteiger partial charge in [-0.25, -0.2) is 13.8 Å². The number of sulfonamides is 1. The smallest absolute Gasteiger partial charge is 0.271 e. The fourth-order valence-corrected chi connectivity index (χ4v) is 4.26. The van der Waals surface area contributed by atoms with Crippen LogP contribution in [0.5, 0.6) is 0 Å². The minimum atomic E-state index is -3.65. The summed E-state index contributed by atoms with van der Waals surface area (Å²) in [6, 6.07) is 13.8. The van der Waals surface area contributed by atoms with E-state index in [-0.39, 0.29) is 10.5 Å². The van der Waals surface area contributed by atoms with Crippen LogP contribution < -0.4 is 5.43 Å². The Morgan fingerprint density at radius 2 is 1.89 bits per heavy atom. The Hall–Kier alpha value is -2.55. The summed E-state index contributed by atoms with van der Waals surface area (Å²) >= 11 is 0. The van der Waals surface area contributed by atoms with Crippen molar-refractivity contribution in [3.8, 4) is 0 Å². The van der Waals surface area contributed by atoms with E-state index in [1.54, 1.807) is 18.3 Å². The van der Waals surface area contributed by atoms with Crippen LogP contribution in [0.1, 0.15) is 28.4 Å². The topological polar surface area (TPSA) is 88.1 Å². The number of nitrogens with one attached hydrogen (secondary N) is 1. The van der Waals surface area contributed by atoms with E-state index in [4.69, 9.17) is 4.74 Å². The summed E-state index contributed by atoms with van der Waals surface area (Å²) < 4.78 is 32.0. The zero-order chi connectivity index (χ0) is 20.0. The number of carbonyl (C=O) groups excluding carboxylic acids is 1. The molecule has 7 nitrogen and oxygen atoms in total. The van der Waals surface area contributed by atoms with Crippen LogP contribution in [0.3, 0.4) is 0 Å². The third-order valence-corrected chi connectivity index (χ3v) is 6.37. The molecule has 1 fully saturated rings. The number of ether oxygens (including phenoxy) is 1. The lowest BCUT2D eigenvalue weighted by Gasteiger charge is -2.26. The zero-order valence-electron chi connectivity index (χ0n) is 15.7. The van der Waals surface area contributed by atoms with Crippen molar-refractivity contribution in [2.45, 2.75) is 18.2 Å². The lowest BCUT2D eigenvalue weighted by atomic mass is 10.1. The van der Waals surface area contributed by atoms with E-state index < -0.39 is 15.9 Å². The van der Waals surface area contributed by atoms with Crippen LogP contribution in [0.4, 0.5) is 0 Å². The molecule has 1 saturated heterocycles. The minimum Gasteiger partial charge on any atom is -0.379 e. The molecule has 8 heteroatoms. The number of carbonyl (C=O) groups is 1. The van der Waals surface area contributed by atoms with Gasteiger partial charge in [0, 0.05) is 18.7 Å². The molecule has 2 aromatic carbocycles. The van der Waals surface area contributed by atoms with E-state index in [1.165, 1.54) is 22.0 Å². The number of hydrogen-bond acceptors (Lipinski definition) is 5. The second kappa shape index (κ2) is 9.09. The molecule has 0 aromatic heterocycles. The van der Waals surface area contributed by atoms with Crippen molar-refractivity contribution < 1.29 is 17.9 Å². The summed E-state index contributed by atoms with van der Waals surface area (Å²) in [5, 5.41) is 3.95. The largest absolute Gasteiger partial charge is 0.379 e. The molecule has 3 rings (SSSR count). The van der Waals surface area contributed by atoms with Crippen LogP contribution in [0, 0.1) is 0 Å². The molecule has 0 atom stereocenters. The molecule has 1 aliphatic heterocycles. The van der Waals surface area contributed by atoms with Gasteiger partial charge in [0.15, 0.2) is 0 Å². The van der Waals surface area contributed by atoms with Gasteiger partial charge >= 0.3 is 0 Å².